The summed E-state index contributed by atoms with van der Waals surface area (Å²) in [5.74, 6) is 3.02. The van der Waals surface area contributed by atoms with Crippen LogP contribution in [0.3, 0.4) is 0 Å². The summed E-state index contributed by atoms with van der Waals surface area (Å²) in [7, 11) is 0. The molecule has 2 fully saturated rings. The van der Waals surface area contributed by atoms with Crippen LogP contribution in [0.15, 0.2) is 48.7 Å². The summed E-state index contributed by atoms with van der Waals surface area (Å²) in [6.07, 6.45) is 7.71. The smallest absolute Gasteiger partial charge is 0.220 e. The largest absolute Gasteiger partial charge is 0.473 e. The lowest BCUT2D eigenvalue weighted by Gasteiger charge is -2.15. The molecule has 1 heterocycles. The Morgan fingerprint density at radius 1 is 1.08 bits per heavy atom. The zero-order valence-corrected chi connectivity index (χ0v) is 15.1. The van der Waals surface area contributed by atoms with Gasteiger partial charge in [-0.3, -0.25) is 4.79 Å². The van der Waals surface area contributed by atoms with E-state index in [2.05, 4.69) is 10.3 Å². The molecule has 2 aliphatic carbocycles. The average molecular weight is 350 g/mol. The van der Waals surface area contributed by atoms with Crippen molar-refractivity contribution in [1.29, 1.82) is 0 Å². The molecule has 1 amide bonds. The Kier molecular flexibility index (Phi) is 5.19. The fourth-order valence-electron chi connectivity index (χ4n) is 3.62. The number of rotatable bonds is 9. The SMILES string of the molecule is O=C(CC(C1CC1)C1CC1)NCc1ccnc(OCc2ccccc2)c1. The number of hydrogen-bond acceptors (Lipinski definition) is 3. The highest BCUT2D eigenvalue weighted by molar-refractivity contribution is 5.76. The Hall–Kier alpha value is -2.36. The van der Waals surface area contributed by atoms with Crippen LogP contribution in [-0.2, 0) is 17.9 Å². The van der Waals surface area contributed by atoms with Gasteiger partial charge in [0.05, 0.1) is 0 Å². The van der Waals surface area contributed by atoms with E-state index >= 15 is 0 Å². The van der Waals surface area contributed by atoms with E-state index in [1.54, 1.807) is 6.20 Å². The van der Waals surface area contributed by atoms with E-state index in [1.165, 1.54) is 25.7 Å². The maximum absolute atomic E-state index is 12.3. The molecule has 0 atom stereocenters. The lowest BCUT2D eigenvalue weighted by molar-refractivity contribution is -0.122. The number of hydrogen-bond donors (Lipinski definition) is 1. The van der Waals surface area contributed by atoms with E-state index in [4.69, 9.17) is 4.74 Å². The van der Waals surface area contributed by atoms with E-state index < -0.39 is 0 Å². The third kappa shape index (κ3) is 4.84. The van der Waals surface area contributed by atoms with Gasteiger partial charge in [-0.05, 0) is 60.6 Å². The molecule has 0 saturated heterocycles. The highest BCUT2D eigenvalue weighted by atomic mass is 16.5. The maximum atomic E-state index is 12.3. The van der Waals surface area contributed by atoms with Crippen LogP contribution >= 0.6 is 0 Å². The number of carbonyl (C=O) groups excluding carboxylic acids is 1. The van der Waals surface area contributed by atoms with Gasteiger partial charge in [0.1, 0.15) is 6.61 Å². The predicted molar refractivity (Wildman–Crippen MR) is 100 cm³/mol. The first kappa shape index (κ1) is 17.1. The topological polar surface area (TPSA) is 51.2 Å². The summed E-state index contributed by atoms with van der Waals surface area (Å²) >= 11 is 0. The van der Waals surface area contributed by atoms with E-state index in [-0.39, 0.29) is 5.91 Å². The average Bonchev–Trinajstić information content (AvgIpc) is 3.57. The third-order valence-electron chi connectivity index (χ3n) is 5.39. The van der Waals surface area contributed by atoms with Gasteiger partial charge < -0.3 is 10.1 Å². The first-order valence-electron chi connectivity index (χ1n) is 9.66. The fourth-order valence-corrected chi connectivity index (χ4v) is 3.62. The Morgan fingerprint density at radius 2 is 1.81 bits per heavy atom. The van der Waals surface area contributed by atoms with Gasteiger partial charge in [-0.25, -0.2) is 4.98 Å². The standard InChI is InChI=1S/C22H26N2O2/c25-21(13-20(18-6-7-18)19-8-9-19)24-14-17-10-11-23-22(12-17)26-15-16-4-2-1-3-5-16/h1-5,10-12,18-20H,6-9,13-15H2,(H,24,25). The summed E-state index contributed by atoms with van der Waals surface area (Å²) in [6.45, 7) is 1.03. The number of pyridine rings is 1. The van der Waals surface area contributed by atoms with E-state index in [0.29, 0.717) is 31.4 Å². The number of ether oxygens (including phenoxy) is 1. The molecule has 4 rings (SSSR count). The van der Waals surface area contributed by atoms with Crippen molar-refractivity contribution in [2.75, 3.05) is 0 Å². The molecule has 2 aliphatic rings. The van der Waals surface area contributed by atoms with Crippen LogP contribution in [0.1, 0.15) is 43.2 Å². The molecule has 1 N–H and O–H groups in total. The van der Waals surface area contributed by atoms with Crippen LogP contribution in [0.4, 0.5) is 0 Å². The number of benzene rings is 1. The van der Waals surface area contributed by atoms with Crippen molar-refractivity contribution in [3.8, 4) is 5.88 Å². The van der Waals surface area contributed by atoms with Gasteiger partial charge in [0.15, 0.2) is 0 Å². The Morgan fingerprint density at radius 3 is 2.50 bits per heavy atom. The van der Waals surface area contributed by atoms with Gasteiger partial charge >= 0.3 is 0 Å². The second kappa shape index (κ2) is 7.90. The number of amides is 1. The van der Waals surface area contributed by atoms with Crippen LogP contribution in [0.2, 0.25) is 0 Å². The van der Waals surface area contributed by atoms with Gasteiger partial charge in [-0.1, -0.05) is 30.3 Å². The normalized spacial score (nSPS) is 16.5. The molecule has 0 unspecified atom stereocenters. The molecule has 4 nitrogen and oxygen atoms in total. The van der Waals surface area contributed by atoms with Crippen LogP contribution in [0.5, 0.6) is 5.88 Å². The molecule has 0 spiro atoms. The van der Waals surface area contributed by atoms with Crippen molar-refractivity contribution in [2.24, 2.45) is 17.8 Å². The van der Waals surface area contributed by atoms with E-state index in [9.17, 15) is 4.79 Å². The van der Waals surface area contributed by atoms with Crippen LogP contribution < -0.4 is 10.1 Å². The second-order valence-corrected chi connectivity index (χ2v) is 7.60. The maximum Gasteiger partial charge on any atom is 0.220 e. The minimum absolute atomic E-state index is 0.178. The first-order valence-corrected chi connectivity index (χ1v) is 9.66. The monoisotopic (exact) mass is 350 g/mol. The van der Waals surface area contributed by atoms with Gasteiger partial charge in [0, 0.05) is 25.2 Å². The second-order valence-electron chi connectivity index (χ2n) is 7.60. The molecule has 0 aliphatic heterocycles. The molecule has 136 valence electrons. The fraction of sp³-hybridized carbons (Fsp3) is 0.455. The zero-order valence-electron chi connectivity index (χ0n) is 15.1. The Bertz CT molecular complexity index is 727. The summed E-state index contributed by atoms with van der Waals surface area (Å²) in [6, 6.07) is 13.9. The minimum atomic E-state index is 0.178. The van der Waals surface area contributed by atoms with Gasteiger partial charge in [-0.15, -0.1) is 0 Å². The van der Waals surface area contributed by atoms with Gasteiger partial charge in [0.25, 0.3) is 0 Å². The summed E-state index contributed by atoms with van der Waals surface area (Å²) < 4.78 is 5.76. The molecular weight excluding hydrogens is 324 g/mol. The molecular formula is C22H26N2O2. The minimum Gasteiger partial charge on any atom is -0.473 e. The van der Waals surface area contributed by atoms with Gasteiger partial charge in [0.2, 0.25) is 11.8 Å². The number of nitrogens with zero attached hydrogens (tertiary/aromatic N) is 1. The van der Waals surface area contributed by atoms with Crippen molar-refractivity contribution < 1.29 is 9.53 Å². The zero-order chi connectivity index (χ0) is 17.8. The lowest BCUT2D eigenvalue weighted by Crippen LogP contribution is -2.26. The molecule has 2 saturated carbocycles. The first-order chi connectivity index (χ1) is 12.8. The van der Waals surface area contributed by atoms with Gasteiger partial charge in [-0.2, -0.15) is 0 Å². The molecule has 2 aromatic rings. The molecule has 0 bridgehead atoms. The Labute approximate surface area is 155 Å². The van der Waals surface area contributed by atoms with Crippen LogP contribution in [0.25, 0.3) is 0 Å². The molecule has 0 radical (unpaired) electrons. The van der Waals surface area contributed by atoms with Crippen molar-refractivity contribution in [3.05, 3.63) is 59.8 Å². The molecule has 1 aromatic heterocycles. The number of nitrogens with one attached hydrogen (secondary N) is 1. The quantitative estimate of drug-likeness (QED) is 0.741. The molecule has 26 heavy (non-hydrogen) atoms. The lowest BCUT2D eigenvalue weighted by atomic mass is 9.94. The Balaban J connectivity index is 1.26. The number of aromatic nitrogens is 1. The number of carbonyl (C=O) groups is 1. The van der Waals surface area contributed by atoms with E-state index in [1.807, 2.05) is 42.5 Å². The third-order valence-corrected chi connectivity index (χ3v) is 5.39. The van der Waals surface area contributed by atoms with Crippen molar-refractivity contribution in [1.82, 2.24) is 10.3 Å². The predicted octanol–water partition coefficient (Wildman–Crippen LogP) is 4.10. The summed E-state index contributed by atoms with van der Waals surface area (Å²) in [5.41, 5.74) is 2.13. The van der Waals surface area contributed by atoms with E-state index in [0.717, 1.165) is 23.0 Å². The van der Waals surface area contributed by atoms with Crippen LogP contribution in [-0.4, -0.2) is 10.9 Å². The highest BCUT2D eigenvalue weighted by Crippen LogP contribution is 2.50. The molecule has 1 aromatic carbocycles. The van der Waals surface area contributed by atoms with Crippen molar-refractivity contribution in [3.63, 3.8) is 0 Å². The van der Waals surface area contributed by atoms with Crippen LogP contribution in [0, 0.1) is 17.8 Å². The highest BCUT2D eigenvalue weighted by Gasteiger charge is 2.42. The van der Waals surface area contributed by atoms with Crippen molar-refractivity contribution >= 4 is 5.91 Å². The summed E-state index contributed by atoms with van der Waals surface area (Å²) in [4.78, 5) is 16.6. The molecule has 4 heteroatoms. The summed E-state index contributed by atoms with van der Waals surface area (Å²) in [5, 5.41) is 3.07. The van der Waals surface area contributed by atoms with Crippen molar-refractivity contribution in [2.45, 2.75) is 45.3 Å².